The number of aromatic nitrogens is 1. The van der Waals surface area contributed by atoms with Crippen LogP contribution in [0, 0.1) is 13.8 Å². The molecular formula is C19H16NOP. The Labute approximate surface area is 131 Å². The predicted molar refractivity (Wildman–Crippen MR) is 92.5 cm³/mol. The maximum atomic E-state index is 6.13. The van der Waals surface area contributed by atoms with Gasteiger partial charge in [0, 0.05) is 24.7 Å². The number of rotatable bonds is 1. The highest BCUT2D eigenvalue weighted by Gasteiger charge is 2.29. The van der Waals surface area contributed by atoms with Gasteiger partial charge in [0.2, 0.25) is 0 Å². The summed E-state index contributed by atoms with van der Waals surface area (Å²) in [6.45, 7) is 4.25. The summed E-state index contributed by atoms with van der Waals surface area (Å²) in [6, 6.07) is 19.0. The van der Waals surface area contributed by atoms with E-state index < -0.39 is 7.92 Å². The van der Waals surface area contributed by atoms with Gasteiger partial charge >= 0.3 is 0 Å². The predicted octanol–water partition coefficient (Wildman–Crippen LogP) is 3.56. The highest BCUT2D eigenvalue weighted by Crippen LogP contribution is 2.44. The van der Waals surface area contributed by atoms with Crippen LogP contribution in [0.3, 0.4) is 0 Å². The Morgan fingerprint density at radius 1 is 0.818 bits per heavy atom. The van der Waals surface area contributed by atoms with Crippen molar-refractivity contribution in [3.8, 4) is 11.5 Å². The molecule has 0 atom stereocenters. The normalized spacial score (nSPS) is 13.2. The molecule has 1 aliphatic heterocycles. The second-order valence-electron chi connectivity index (χ2n) is 5.57. The van der Waals surface area contributed by atoms with Gasteiger partial charge in [-0.25, -0.2) is 0 Å². The van der Waals surface area contributed by atoms with Crippen LogP contribution in [0.25, 0.3) is 0 Å². The van der Waals surface area contributed by atoms with Crippen LogP contribution < -0.4 is 20.8 Å². The fourth-order valence-electron chi connectivity index (χ4n) is 2.76. The number of benzene rings is 2. The Morgan fingerprint density at radius 3 is 2.00 bits per heavy atom. The van der Waals surface area contributed by atoms with Crippen LogP contribution in [0.5, 0.6) is 11.5 Å². The van der Waals surface area contributed by atoms with Gasteiger partial charge in [-0.1, -0.05) is 29.3 Å². The molecule has 0 fully saturated rings. The van der Waals surface area contributed by atoms with E-state index in [1.807, 2.05) is 12.3 Å². The molecule has 4 rings (SSSR count). The van der Waals surface area contributed by atoms with Crippen molar-refractivity contribution in [2.75, 3.05) is 0 Å². The number of fused-ring (bicyclic) bond motifs is 2. The van der Waals surface area contributed by atoms with Crippen molar-refractivity contribution in [3.05, 3.63) is 71.9 Å². The molecule has 2 heterocycles. The lowest BCUT2D eigenvalue weighted by molar-refractivity contribution is 0.488. The molecule has 0 aliphatic carbocycles. The van der Waals surface area contributed by atoms with Crippen molar-refractivity contribution in [3.63, 3.8) is 0 Å². The first-order valence-electron chi connectivity index (χ1n) is 7.33. The van der Waals surface area contributed by atoms with E-state index in [2.05, 4.69) is 67.4 Å². The van der Waals surface area contributed by atoms with Gasteiger partial charge in [0.1, 0.15) is 11.5 Å². The molecule has 2 nitrogen and oxygen atoms in total. The van der Waals surface area contributed by atoms with Gasteiger partial charge in [-0.15, -0.1) is 0 Å². The molecule has 0 N–H and O–H groups in total. The maximum Gasteiger partial charge on any atom is 0.135 e. The van der Waals surface area contributed by atoms with Gasteiger partial charge in [0.25, 0.3) is 0 Å². The van der Waals surface area contributed by atoms with E-state index in [-0.39, 0.29) is 0 Å². The SMILES string of the molecule is Cc1ccc2c(c1)P(c1ccccn1)c1cc(C)ccc1O2. The molecule has 0 spiro atoms. The van der Waals surface area contributed by atoms with Gasteiger partial charge in [-0.2, -0.15) is 0 Å². The molecule has 108 valence electrons. The van der Waals surface area contributed by atoms with Crippen LogP contribution in [0.2, 0.25) is 0 Å². The van der Waals surface area contributed by atoms with Crippen LogP contribution in [0.1, 0.15) is 11.1 Å². The van der Waals surface area contributed by atoms with Crippen molar-refractivity contribution < 1.29 is 4.74 Å². The molecule has 22 heavy (non-hydrogen) atoms. The van der Waals surface area contributed by atoms with E-state index in [4.69, 9.17) is 4.74 Å². The number of pyridine rings is 1. The van der Waals surface area contributed by atoms with Crippen molar-refractivity contribution >= 4 is 24.0 Å². The zero-order valence-corrected chi connectivity index (χ0v) is 13.5. The zero-order valence-electron chi connectivity index (χ0n) is 12.6. The molecule has 3 heteroatoms. The largest absolute Gasteiger partial charge is 0.456 e. The summed E-state index contributed by atoms with van der Waals surface area (Å²) >= 11 is 0. The summed E-state index contributed by atoms with van der Waals surface area (Å²) in [4.78, 5) is 4.63. The van der Waals surface area contributed by atoms with Crippen molar-refractivity contribution in [2.45, 2.75) is 13.8 Å². The molecule has 0 radical (unpaired) electrons. The molecule has 0 saturated carbocycles. The van der Waals surface area contributed by atoms with Crippen LogP contribution in [-0.2, 0) is 0 Å². The summed E-state index contributed by atoms with van der Waals surface area (Å²) in [5.74, 6) is 1.91. The first kappa shape index (κ1) is 13.5. The smallest absolute Gasteiger partial charge is 0.135 e. The van der Waals surface area contributed by atoms with E-state index in [9.17, 15) is 0 Å². The lowest BCUT2D eigenvalue weighted by Gasteiger charge is -2.28. The molecule has 1 aliphatic rings. The summed E-state index contributed by atoms with van der Waals surface area (Å²) < 4.78 is 6.13. The molecule has 0 bridgehead atoms. The third kappa shape index (κ3) is 2.20. The highest BCUT2D eigenvalue weighted by atomic mass is 31.1. The minimum atomic E-state index is -0.667. The molecule has 2 aromatic carbocycles. The second-order valence-corrected chi connectivity index (χ2v) is 7.66. The highest BCUT2D eigenvalue weighted by molar-refractivity contribution is 7.80. The number of hydrogen-bond acceptors (Lipinski definition) is 2. The Kier molecular flexibility index (Phi) is 3.20. The number of ether oxygens (including phenoxy) is 1. The third-order valence-electron chi connectivity index (χ3n) is 3.81. The van der Waals surface area contributed by atoms with E-state index in [1.165, 1.54) is 21.7 Å². The van der Waals surface area contributed by atoms with Crippen LogP contribution >= 0.6 is 7.92 Å². The van der Waals surface area contributed by atoms with Gasteiger partial charge in [-0.05, 0) is 50.2 Å². The lowest BCUT2D eigenvalue weighted by atomic mass is 10.2. The Bertz CT molecular complexity index is 794. The fraction of sp³-hybridized carbons (Fsp3) is 0.105. The lowest BCUT2D eigenvalue weighted by Crippen LogP contribution is -2.28. The van der Waals surface area contributed by atoms with E-state index in [0.717, 1.165) is 16.9 Å². The topological polar surface area (TPSA) is 22.1 Å². The van der Waals surface area contributed by atoms with E-state index in [1.54, 1.807) is 0 Å². The summed E-state index contributed by atoms with van der Waals surface area (Å²) in [5, 5.41) is 2.51. The summed E-state index contributed by atoms with van der Waals surface area (Å²) in [6.07, 6.45) is 1.87. The number of nitrogens with zero attached hydrogens (tertiary/aromatic N) is 1. The minimum Gasteiger partial charge on any atom is -0.456 e. The van der Waals surface area contributed by atoms with Gasteiger partial charge in [0.05, 0.1) is 5.44 Å². The van der Waals surface area contributed by atoms with E-state index in [0.29, 0.717) is 0 Å². The van der Waals surface area contributed by atoms with Crippen LogP contribution in [0.15, 0.2) is 60.8 Å². The Balaban J connectivity index is 1.99. The Hall–Kier alpha value is -2.18. The monoisotopic (exact) mass is 305 g/mol. The van der Waals surface area contributed by atoms with Crippen molar-refractivity contribution in [1.82, 2.24) is 4.98 Å². The zero-order chi connectivity index (χ0) is 15.1. The van der Waals surface area contributed by atoms with Crippen molar-refractivity contribution in [1.29, 1.82) is 0 Å². The molecular weight excluding hydrogens is 289 g/mol. The summed E-state index contributed by atoms with van der Waals surface area (Å²) in [7, 11) is -0.667. The average Bonchev–Trinajstić information content (AvgIpc) is 2.54. The standard InChI is InChI=1S/C19H16NOP/c1-13-6-8-15-17(11-13)22(19-5-3-4-10-20-19)18-12-14(2)7-9-16(18)21-15/h3-12H,1-2H3. The number of aryl methyl sites for hydroxylation is 2. The Morgan fingerprint density at radius 2 is 1.45 bits per heavy atom. The van der Waals surface area contributed by atoms with Gasteiger partial charge in [-0.3, -0.25) is 4.98 Å². The van der Waals surface area contributed by atoms with Gasteiger partial charge in [0.15, 0.2) is 0 Å². The second kappa shape index (κ2) is 5.23. The molecule has 1 aromatic heterocycles. The third-order valence-corrected chi connectivity index (χ3v) is 6.19. The fourth-order valence-corrected chi connectivity index (χ4v) is 5.28. The van der Waals surface area contributed by atoms with Crippen LogP contribution in [-0.4, -0.2) is 4.98 Å². The van der Waals surface area contributed by atoms with Crippen molar-refractivity contribution in [2.24, 2.45) is 0 Å². The average molecular weight is 305 g/mol. The minimum absolute atomic E-state index is 0.667. The molecule has 0 amide bonds. The first-order chi connectivity index (χ1) is 10.7. The molecule has 3 aromatic rings. The van der Waals surface area contributed by atoms with E-state index >= 15 is 0 Å². The molecule has 0 unspecified atom stereocenters. The first-order valence-corrected chi connectivity index (χ1v) is 8.67. The van der Waals surface area contributed by atoms with Crippen LogP contribution in [0.4, 0.5) is 0 Å². The quantitative estimate of drug-likeness (QED) is 0.502. The van der Waals surface area contributed by atoms with Gasteiger partial charge < -0.3 is 4.74 Å². The maximum absolute atomic E-state index is 6.13. The summed E-state index contributed by atoms with van der Waals surface area (Å²) in [5.41, 5.74) is 3.63. The number of hydrogen-bond donors (Lipinski definition) is 0. The molecule has 0 saturated heterocycles.